The molecule has 2 aromatic rings. The zero-order valence-electron chi connectivity index (χ0n) is 11.2. The maximum absolute atomic E-state index is 5.57. The molecule has 20 heavy (non-hydrogen) atoms. The molecule has 1 heterocycles. The lowest BCUT2D eigenvalue weighted by atomic mass is 10.2. The van der Waals surface area contributed by atoms with Gasteiger partial charge in [0.1, 0.15) is 18.2 Å². The molecule has 0 fully saturated rings. The van der Waals surface area contributed by atoms with Gasteiger partial charge in [-0.05, 0) is 30.2 Å². The molecule has 3 N–H and O–H groups in total. The first-order chi connectivity index (χ1) is 9.63. The van der Waals surface area contributed by atoms with Gasteiger partial charge in [0.25, 0.3) is 0 Å². The molecule has 1 aromatic carbocycles. The summed E-state index contributed by atoms with van der Waals surface area (Å²) in [4.78, 5) is 4.05. The lowest BCUT2D eigenvalue weighted by Crippen LogP contribution is -1.98. The molecule has 104 valence electrons. The van der Waals surface area contributed by atoms with Crippen LogP contribution in [0.4, 0.5) is 10.9 Å². The molecule has 0 saturated heterocycles. The van der Waals surface area contributed by atoms with Crippen LogP contribution in [0.5, 0.6) is 5.75 Å². The Morgan fingerprint density at radius 2 is 2.45 bits per heavy atom. The molecule has 0 atom stereocenters. The Balaban J connectivity index is 1.95. The molecule has 0 amide bonds. The molecule has 5 nitrogen and oxygen atoms in total. The Morgan fingerprint density at radius 1 is 1.60 bits per heavy atom. The van der Waals surface area contributed by atoms with Gasteiger partial charge < -0.3 is 10.5 Å². The van der Waals surface area contributed by atoms with Gasteiger partial charge >= 0.3 is 0 Å². The SMILES string of the molecule is C=C(C)COc1cccc(C=NNc2nc(N)cs2)c1. The second kappa shape index (κ2) is 6.72. The number of nitrogens with one attached hydrogen (secondary N) is 1. The maximum atomic E-state index is 5.57. The van der Waals surface area contributed by atoms with Crippen LogP contribution in [0.25, 0.3) is 0 Å². The summed E-state index contributed by atoms with van der Waals surface area (Å²) in [5.74, 6) is 1.28. The number of anilines is 2. The van der Waals surface area contributed by atoms with Crippen LogP contribution in [0.1, 0.15) is 12.5 Å². The molecular weight excluding hydrogens is 272 g/mol. The zero-order chi connectivity index (χ0) is 14.4. The summed E-state index contributed by atoms with van der Waals surface area (Å²) in [6.07, 6.45) is 1.70. The van der Waals surface area contributed by atoms with Gasteiger partial charge in [-0.2, -0.15) is 5.10 Å². The average Bonchev–Trinajstić information content (AvgIpc) is 2.83. The molecule has 2 rings (SSSR count). The highest BCUT2D eigenvalue weighted by Gasteiger charge is 1.97. The Bertz CT molecular complexity index is 621. The number of thiazole rings is 1. The van der Waals surface area contributed by atoms with Crippen molar-refractivity contribution in [2.45, 2.75) is 6.92 Å². The highest BCUT2D eigenvalue weighted by molar-refractivity contribution is 7.14. The summed E-state index contributed by atoms with van der Waals surface area (Å²) in [7, 11) is 0. The normalized spacial score (nSPS) is 10.7. The first-order valence-electron chi connectivity index (χ1n) is 6.01. The molecule has 0 aliphatic rings. The van der Waals surface area contributed by atoms with Crippen LogP contribution in [0.2, 0.25) is 0 Å². The fourth-order valence-electron chi connectivity index (χ4n) is 1.39. The first kappa shape index (κ1) is 14.1. The van der Waals surface area contributed by atoms with Crippen molar-refractivity contribution in [1.29, 1.82) is 0 Å². The van der Waals surface area contributed by atoms with Crippen molar-refractivity contribution in [2.24, 2.45) is 5.10 Å². The third kappa shape index (κ3) is 4.40. The number of nitrogens with two attached hydrogens (primary N) is 1. The van der Waals surface area contributed by atoms with E-state index in [2.05, 4.69) is 22.1 Å². The van der Waals surface area contributed by atoms with Crippen LogP contribution in [-0.4, -0.2) is 17.8 Å². The van der Waals surface area contributed by atoms with Crippen molar-refractivity contribution in [3.05, 3.63) is 47.4 Å². The topological polar surface area (TPSA) is 72.5 Å². The summed E-state index contributed by atoms with van der Waals surface area (Å²) in [6.45, 7) is 6.24. The number of aromatic nitrogens is 1. The number of benzene rings is 1. The molecule has 1 aromatic heterocycles. The largest absolute Gasteiger partial charge is 0.489 e. The molecule has 0 spiro atoms. The van der Waals surface area contributed by atoms with Crippen LogP contribution in [0.3, 0.4) is 0 Å². The van der Waals surface area contributed by atoms with Gasteiger partial charge in [-0.15, -0.1) is 11.3 Å². The number of nitrogens with zero attached hydrogens (tertiary/aromatic N) is 2. The average molecular weight is 288 g/mol. The summed E-state index contributed by atoms with van der Waals surface area (Å²) in [5.41, 5.74) is 10.3. The van der Waals surface area contributed by atoms with Crippen molar-refractivity contribution in [3.8, 4) is 5.75 Å². The van der Waals surface area contributed by atoms with Gasteiger partial charge in [-0.1, -0.05) is 18.7 Å². The smallest absolute Gasteiger partial charge is 0.205 e. The molecule has 6 heteroatoms. The van der Waals surface area contributed by atoms with Crippen LogP contribution in [-0.2, 0) is 0 Å². The Hall–Kier alpha value is -2.34. The Labute approximate surface area is 121 Å². The Morgan fingerprint density at radius 3 is 3.15 bits per heavy atom. The third-order valence-electron chi connectivity index (χ3n) is 2.24. The van der Waals surface area contributed by atoms with E-state index in [1.54, 1.807) is 11.6 Å². The lowest BCUT2D eigenvalue weighted by Gasteiger charge is -2.05. The molecule has 0 unspecified atom stereocenters. The van der Waals surface area contributed by atoms with Crippen LogP contribution in [0.15, 0.2) is 46.9 Å². The van der Waals surface area contributed by atoms with Crippen molar-refractivity contribution in [3.63, 3.8) is 0 Å². The number of rotatable bonds is 6. The maximum Gasteiger partial charge on any atom is 0.205 e. The molecule has 0 saturated carbocycles. The predicted molar refractivity (Wildman–Crippen MR) is 84.5 cm³/mol. The highest BCUT2D eigenvalue weighted by Crippen LogP contribution is 2.16. The van der Waals surface area contributed by atoms with E-state index in [0.29, 0.717) is 17.6 Å². The summed E-state index contributed by atoms with van der Waals surface area (Å²) < 4.78 is 5.57. The monoisotopic (exact) mass is 288 g/mol. The number of nitrogen functional groups attached to an aromatic ring is 1. The predicted octanol–water partition coefficient (Wildman–Crippen LogP) is 3.13. The van der Waals surface area contributed by atoms with Crippen LogP contribution >= 0.6 is 11.3 Å². The van der Waals surface area contributed by atoms with Gasteiger partial charge in [-0.25, -0.2) is 4.98 Å². The number of hydrazone groups is 1. The van der Waals surface area contributed by atoms with Gasteiger partial charge in [0.15, 0.2) is 0 Å². The molecule has 0 bridgehead atoms. The lowest BCUT2D eigenvalue weighted by molar-refractivity contribution is 0.352. The van der Waals surface area contributed by atoms with Crippen molar-refractivity contribution in [2.75, 3.05) is 17.8 Å². The van der Waals surface area contributed by atoms with E-state index in [1.165, 1.54) is 11.3 Å². The van der Waals surface area contributed by atoms with Crippen molar-refractivity contribution >= 4 is 28.5 Å². The van der Waals surface area contributed by atoms with Gasteiger partial charge in [0, 0.05) is 5.38 Å². The number of hydrogen-bond donors (Lipinski definition) is 2. The van der Waals surface area contributed by atoms with Gasteiger partial charge in [0.05, 0.1) is 6.21 Å². The summed E-state index contributed by atoms with van der Waals surface area (Å²) >= 11 is 1.40. The molecule has 0 radical (unpaired) electrons. The van der Waals surface area contributed by atoms with E-state index < -0.39 is 0 Å². The quantitative estimate of drug-likeness (QED) is 0.486. The van der Waals surface area contributed by atoms with Crippen LogP contribution in [0, 0.1) is 0 Å². The third-order valence-corrected chi connectivity index (χ3v) is 3.00. The van der Waals surface area contributed by atoms with E-state index in [9.17, 15) is 0 Å². The van der Waals surface area contributed by atoms with Gasteiger partial charge in [0.2, 0.25) is 5.13 Å². The minimum atomic E-state index is 0.489. The standard InChI is InChI=1S/C14H16N4OS/c1-10(2)8-19-12-5-3-4-11(6-12)7-16-18-14-17-13(15)9-20-14/h3-7,9H,1,8,15H2,2H3,(H,17,18). The fourth-order valence-corrected chi connectivity index (χ4v) is 1.94. The summed E-state index contributed by atoms with van der Waals surface area (Å²) in [5, 5.41) is 6.52. The molecule has 0 aliphatic heterocycles. The molecular formula is C14H16N4OS. The van der Waals surface area contributed by atoms with Crippen LogP contribution < -0.4 is 15.9 Å². The van der Waals surface area contributed by atoms with E-state index in [0.717, 1.165) is 16.9 Å². The van der Waals surface area contributed by atoms with Gasteiger partial charge in [-0.3, -0.25) is 5.43 Å². The molecule has 0 aliphatic carbocycles. The summed E-state index contributed by atoms with van der Waals surface area (Å²) in [6, 6.07) is 7.66. The highest BCUT2D eigenvalue weighted by atomic mass is 32.1. The van der Waals surface area contributed by atoms with E-state index in [1.807, 2.05) is 31.2 Å². The van der Waals surface area contributed by atoms with E-state index in [4.69, 9.17) is 10.5 Å². The van der Waals surface area contributed by atoms with E-state index in [-0.39, 0.29) is 0 Å². The van der Waals surface area contributed by atoms with Crippen molar-refractivity contribution in [1.82, 2.24) is 4.98 Å². The fraction of sp³-hybridized carbons (Fsp3) is 0.143. The van der Waals surface area contributed by atoms with Crippen molar-refractivity contribution < 1.29 is 4.74 Å². The van der Waals surface area contributed by atoms with E-state index >= 15 is 0 Å². The zero-order valence-corrected chi connectivity index (χ0v) is 12.0. The second-order valence-electron chi connectivity index (χ2n) is 4.27. The number of ether oxygens (including phenoxy) is 1. The Kier molecular flexibility index (Phi) is 4.73. The second-order valence-corrected chi connectivity index (χ2v) is 5.12. The minimum absolute atomic E-state index is 0.489. The first-order valence-corrected chi connectivity index (χ1v) is 6.89. The number of hydrogen-bond acceptors (Lipinski definition) is 6. The minimum Gasteiger partial charge on any atom is -0.489 e.